The van der Waals surface area contributed by atoms with Crippen LogP contribution in [0.15, 0.2) is 6.07 Å². The molecule has 3 aromatic rings. The van der Waals surface area contributed by atoms with Gasteiger partial charge < -0.3 is 5.32 Å². The summed E-state index contributed by atoms with van der Waals surface area (Å²) < 4.78 is 2.00. The number of anilines is 1. The van der Waals surface area contributed by atoms with Gasteiger partial charge in [0.25, 0.3) is 0 Å². The molecule has 3 heterocycles. The summed E-state index contributed by atoms with van der Waals surface area (Å²) in [5.41, 5.74) is 5.02. The number of aryl methyl sites for hydroxylation is 2. The molecule has 140 valence electrons. The molecule has 0 atom stereocenters. The maximum absolute atomic E-state index is 6.48. The first-order valence-corrected chi connectivity index (χ1v) is 10.5. The molecule has 0 radical (unpaired) electrons. The zero-order chi connectivity index (χ0) is 18.8. The minimum atomic E-state index is 0.463. The fourth-order valence-electron chi connectivity index (χ4n) is 3.30. The molecular weight excluding hydrogens is 366 g/mol. The molecule has 0 aliphatic heterocycles. The van der Waals surface area contributed by atoms with E-state index < -0.39 is 0 Å². The third-order valence-electron chi connectivity index (χ3n) is 4.66. The van der Waals surface area contributed by atoms with Crippen LogP contribution in [0.3, 0.4) is 0 Å². The molecule has 0 spiro atoms. The van der Waals surface area contributed by atoms with Gasteiger partial charge in [0.2, 0.25) is 0 Å². The number of fused-ring (bicyclic) bond motifs is 1. The van der Waals surface area contributed by atoms with Crippen LogP contribution >= 0.6 is 22.9 Å². The molecule has 3 aromatic heterocycles. The first kappa shape index (κ1) is 19.1. The van der Waals surface area contributed by atoms with Crippen molar-refractivity contribution in [1.29, 1.82) is 0 Å². The zero-order valence-electron chi connectivity index (χ0n) is 16.1. The lowest BCUT2D eigenvalue weighted by atomic mass is 9.98. The van der Waals surface area contributed by atoms with Gasteiger partial charge in [-0.2, -0.15) is 5.10 Å². The van der Waals surface area contributed by atoms with Gasteiger partial charge in [0, 0.05) is 23.9 Å². The summed E-state index contributed by atoms with van der Waals surface area (Å²) in [6.45, 7) is 11.5. The van der Waals surface area contributed by atoms with E-state index in [9.17, 15) is 0 Å². The van der Waals surface area contributed by atoms with Crippen LogP contribution in [0.2, 0.25) is 5.15 Å². The third-order valence-corrected chi connectivity index (χ3v) is 6.08. The Labute approximate surface area is 163 Å². The molecule has 0 aromatic carbocycles. The molecular formula is C19H26ClN5S. The maximum atomic E-state index is 6.48. The van der Waals surface area contributed by atoms with E-state index in [1.165, 1.54) is 5.69 Å². The summed E-state index contributed by atoms with van der Waals surface area (Å²) in [5, 5.41) is 9.49. The van der Waals surface area contributed by atoms with Crippen LogP contribution in [0, 0.1) is 13.8 Å². The summed E-state index contributed by atoms with van der Waals surface area (Å²) >= 11 is 8.05. The first-order chi connectivity index (χ1) is 12.5. The Morgan fingerprint density at radius 3 is 2.58 bits per heavy atom. The number of halogens is 1. The SMILES string of the molecule is CCCNc1nc(Cl)c(-c2c(C)nn3c(C(CC)CC)cc(C)nc23)s1. The van der Waals surface area contributed by atoms with Gasteiger partial charge in [-0.1, -0.05) is 43.7 Å². The van der Waals surface area contributed by atoms with Crippen molar-refractivity contribution in [3.05, 3.63) is 28.3 Å². The summed E-state index contributed by atoms with van der Waals surface area (Å²) in [7, 11) is 0. The standard InChI is InChI=1S/C19H26ClN5S/c1-6-9-21-19-23-17(20)16(26-19)15-12(5)24-25-14(13(7-2)8-3)10-11(4)22-18(15)25/h10,13H,6-9H2,1-5H3,(H,21,23). The highest BCUT2D eigenvalue weighted by Crippen LogP contribution is 2.40. The van der Waals surface area contributed by atoms with Crippen molar-refractivity contribution in [1.82, 2.24) is 19.6 Å². The molecule has 1 N–H and O–H groups in total. The summed E-state index contributed by atoms with van der Waals surface area (Å²) in [4.78, 5) is 10.2. The monoisotopic (exact) mass is 391 g/mol. The molecule has 3 rings (SSSR count). The lowest BCUT2D eigenvalue weighted by Gasteiger charge is -2.15. The van der Waals surface area contributed by atoms with Crippen LogP contribution < -0.4 is 5.32 Å². The Kier molecular flexibility index (Phi) is 5.82. The number of nitrogens with zero attached hydrogens (tertiary/aromatic N) is 4. The largest absolute Gasteiger partial charge is 0.361 e. The van der Waals surface area contributed by atoms with E-state index in [1.807, 2.05) is 18.4 Å². The lowest BCUT2D eigenvalue weighted by Crippen LogP contribution is -2.07. The lowest BCUT2D eigenvalue weighted by molar-refractivity contribution is 0.598. The van der Waals surface area contributed by atoms with Crippen molar-refractivity contribution in [2.45, 2.75) is 59.8 Å². The minimum absolute atomic E-state index is 0.463. The summed E-state index contributed by atoms with van der Waals surface area (Å²) in [5.74, 6) is 0.463. The van der Waals surface area contributed by atoms with Gasteiger partial charge in [0.1, 0.15) is 5.15 Å². The average Bonchev–Trinajstić information content (AvgIpc) is 3.12. The van der Waals surface area contributed by atoms with Gasteiger partial charge in [-0.25, -0.2) is 14.5 Å². The Bertz CT molecular complexity index is 910. The molecule has 0 aliphatic carbocycles. The molecule has 0 aliphatic rings. The number of nitrogens with one attached hydrogen (secondary N) is 1. The number of hydrogen-bond donors (Lipinski definition) is 1. The number of thiazole rings is 1. The topological polar surface area (TPSA) is 55.1 Å². The second kappa shape index (κ2) is 7.92. The van der Waals surface area contributed by atoms with Crippen LogP contribution in [-0.2, 0) is 0 Å². The Morgan fingerprint density at radius 1 is 1.19 bits per heavy atom. The molecule has 5 nitrogen and oxygen atoms in total. The van der Waals surface area contributed by atoms with Gasteiger partial charge in [-0.15, -0.1) is 0 Å². The Morgan fingerprint density at radius 2 is 1.92 bits per heavy atom. The van der Waals surface area contributed by atoms with Crippen LogP contribution in [0.1, 0.15) is 63.0 Å². The highest BCUT2D eigenvalue weighted by molar-refractivity contribution is 7.19. The fourth-order valence-corrected chi connectivity index (χ4v) is 4.62. The quantitative estimate of drug-likeness (QED) is 0.548. The fraction of sp³-hybridized carbons (Fsp3) is 0.526. The zero-order valence-corrected chi connectivity index (χ0v) is 17.6. The van der Waals surface area contributed by atoms with Crippen molar-refractivity contribution in [2.24, 2.45) is 0 Å². The normalized spacial score (nSPS) is 11.7. The molecule has 0 fully saturated rings. The second-order valence-electron chi connectivity index (χ2n) is 6.60. The van der Waals surface area contributed by atoms with E-state index >= 15 is 0 Å². The summed E-state index contributed by atoms with van der Waals surface area (Å²) in [6.07, 6.45) is 3.20. The van der Waals surface area contributed by atoms with Crippen molar-refractivity contribution >= 4 is 33.7 Å². The average molecular weight is 392 g/mol. The van der Waals surface area contributed by atoms with E-state index in [0.29, 0.717) is 11.1 Å². The van der Waals surface area contributed by atoms with Gasteiger partial charge in [0.05, 0.1) is 16.1 Å². The predicted molar refractivity (Wildman–Crippen MR) is 111 cm³/mol. The smallest absolute Gasteiger partial charge is 0.184 e. The second-order valence-corrected chi connectivity index (χ2v) is 7.95. The van der Waals surface area contributed by atoms with Crippen LogP contribution in [0.5, 0.6) is 0 Å². The van der Waals surface area contributed by atoms with Crippen molar-refractivity contribution in [2.75, 3.05) is 11.9 Å². The van der Waals surface area contributed by atoms with E-state index in [4.69, 9.17) is 21.7 Å². The van der Waals surface area contributed by atoms with Crippen molar-refractivity contribution < 1.29 is 0 Å². The minimum Gasteiger partial charge on any atom is -0.361 e. The van der Waals surface area contributed by atoms with E-state index in [2.05, 4.69) is 37.1 Å². The van der Waals surface area contributed by atoms with Crippen molar-refractivity contribution in [3.8, 4) is 10.4 Å². The van der Waals surface area contributed by atoms with E-state index in [-0.39, 0.29) is 0 Å². The molecule has 0 saturated carbocycles. The molecule has 0 bridgehead atoms. The molecule has 0 unspecified atom stereocenters. The van der Waals surface area contributed by atoms with Crippen LogP contribution in [0.25, 0.3) is 16.1 Å². The molecule has 0 amide bonds. The molecule has 26 heavy (non-hydrogen) atoms. The first-order valence-electron chi connectivity index (χ1n) is 9.27. The predicted octanol–water partition coefficient (Wildman–Crippen LogP) is 5.85. The summed E-state index contributed by atoms with van der Waals surface area (Å²) in [6, 6.07) is 2.16. The highest BCUT2D eigenvalue weighted by atomic mass is 35.5. The molecule has 0 saturated heterocycles. The van der Waals surface area contributed by atoms with Gasteiger partial charge in [-0.3, -0.25) is 0 Å². The Balaban J connectivity index is 2.19. The third kappa shape index (κ3) is 3.45. The number of rotatable bonds is 7. The van der Waals surface area contributed by atoms with Crippen molar-refractivity contribution in [3.63, 3.8) is 0 Å². The number of aromatic nitrogens is 4. The van der Waals surface area contributed by atoms with E-state index in [0.717, 1.165) is 58.4 Å². The van der Waals surface area contributed by atoms with Gasteiger partial charge in [0.15, 0.2) is 10.8 Å². The maximum Gasteiger partial charge on any atom is 0.184 e. The molecule has 7 heteroatoms. The van der Waals surface area contributed by atoms with Gasteiger partial charge in [-0.05, 0) is 39.2 Å². The van der Waals surface area contributed by atoms with Crippen LogP contribution in [-0.4, -0.2) is 26.1 Å². The van der Waals surface area contributed by atoms with E-state index in [1.54, 1.807) is 11.3 Å². The highest BCUT2D eigenvalue weighted by Gasteiger charge is 2.23. The van der Waals surface area contributed by atoms with Crippen LogP contribution in [0.4, 0.5) is 5.13 Å². The van der Waals surface area contributed by atoms with Gasteiger partial charge >= 0.3 is 0 Å². The number of hydrogen-bond acceptors (Lipinski definition) is 5. The Hall–Kier alpha value is -1.66.